The number of aromatic nitrogens is 4. The summed E-state index contributed by atoms with van der Waals surface area (Å²) in [5, 5.41) is 12.3. The van der Waals surface area contributed by atoms with Crippen molar-refractivity contribution in [2.45, 2.75) is 59.0 Å². The summed E-state index contributed by atoms with van der Waals surface area (Å²) in [5.74, 6) is 1.50. The Balaban J connectivity index is 2.03. The molecule has 0 spiro atoms. The van der Waals surface area contributed by atoms with Crippen molar-refractivity contribution >= 4 is 5.91 Å². The van der Waals surface area contributed by atoms with Crippen LogP contribution in [0.1, 0.15) is 58.3 Å². The normalized spacial score (nSPS) is 23.6. The number of nitrogens with one attached hydrogen (secondary N) is 1. The van der Waals surface area contributed by atoms with Gasteiger partial charge < -0.3 is 10.6 Å². The minimum atomic E-state index is -0.158. The zero-order chi connectivity index (χ0) is 16.1. The third-order valence-corrected chi connectivity index (χ3v) is 4.72. The average Bonchev–Trinajstić information content (AvgIpc) is 2.95. The van der Waals surface area contributed by atoms with Crippen LogP contribution in [0.4, 0.5) is 0 Å². The Morgan fingerprint density at radius 3 is 2.64 bits per heavy atom. The fourth-order valence-corrected chi connectivity index (χ4v) is 3.28. The number of likely N-dealkylation sites (tertiary alicyclic amines) is 1. The number of rotatable bonds is 7. The van der Waals surface area contributed by atoms with Gasteiger partial charge in [0.2, 0.25) is 11.7 Å². The highest BCUT2D eigenvalue weighted by Crippen LogP contribution is 2.15. The molecule has 0 aliphatic carbocycles. The summed E-state index contributed by atoms with van der Waals surface area (Å²) in [5.41, 5.74) is 5.42. The van der Waals surface area contributed by atoms with Crippen LogP contribution in [0.5, 0.6) is 0 Å². The Bertz CT molecular complexity index is 478. The van der Waals surface area contributed by atoms with E-state index in [1.165, 1.54) is 4.90 Å². The van der Waals surface area contributed by atoms with Crippen LogP contribution in [0.3, 0.4) is 0 Å². The lowest BCUT2D eigenvalue weighted by Gasteiger charge is -2.32. The number of amides is 1. The molecule has 1 amide bonds. The fourth-order valence-electron chi connectivity index (χ4n) is 3.28. The monoisotopic (exact) mass is 309 g/mol. The first-order chi connectivity index (χ1) is 10.5. The molecule has 7 nitrogen and oxygen atoms in total. The molecule has 3 N–H and O–H groups in total. The maximum atomic E-state index is 11.3. The van der Waals surface area contributed by atoms with Crippen LogP contribution in [0.25, 0.3) is 0 Å². The zero-order valence-electron chi connectivity index (χ0n) is 14.0. The molecule has 0 saturated carbocycles. The van der Waals surface area contributed by atoms with Crippen LogP contribution in [0.2, 0.25) is 0 Å². The van der Waals surface area contributed by atoms with Gasteiger partial charge in [0, 0.05) is 31.7 Å². The lowest BCUT2D eigenvalue weighted by molar-refractivity contribution is -0.938. The molecule has 2 rings (SSSR count). The Labute approximate surface area is 132 Å². The number of carbonyl (C=O) groups is 1. The maximum absolute atomic E-state index is 11.3. The largest absolute Gasteiger partial charge is 0.369 e. The predicted molar refractivity (Wildman–Crippen MR) is 82.9 cm³/mol. The van der Waals surface area contributed by atoms with Crippen LogP contribution >= 0.6 is 0 Å². The Kier molecular flexibility index (Phi) is 5.88. The molecule has 22 heavy (non-hydrogen) atoms. The molecule has 1 saturated heterocycles. The van der Waals surface area contributed by atoms with Crippen LogP contribution < -0.4 is 10.6 Å². The molecule has 1 atom stereocenters. The summed E-state index contributed by atoms with van der Waals surface area (Å²) < 4.78 is 1.96. The lowest BCUT2D eigenvalue weighted by atomic mass is 9.94. The van der Waals surface area contributed by atoms with Gasteiger partial charge in [-0.05, 0) is 22.8 Å². The predicted octanol–water partition coefficient (Wildman–Crippen LogP) is -0.0495. The van der Waals surface area contributed by atoms with E-state index < -0.39 is 0 Å². The summed E-state index contributed by atoms with van der Waals surface area (Å²) >= 11 is 0. The number of quaternary nitrogens is 1. The van der Waals surface area contributed by atoms with E-state index in [1.807, 2.05) is 4.68 Å². The summed E-state index contributed by atoms with van der Waals surface area (Å²) in [4.78, 5) is 12.8. The Morgan fingerprint density at radius 2 is 2.09 bits per heavy atom. The SMILES string of the molecule is CC[C@@H](c1nnnn1CCC(C)C)[NH+]1CCC(C(N)=O)CC1. The number of piperidine rings is 1. The first-order valence-electron chi connectivity index (χ1n) is 8.42. The van der Waals surface area contributed by atoms with Crippen molar-refractivity contribution in [3.05, 3.63) is 5.82 Å². The van der Waals surface area contributed by atoms with Crippen LogP contribution in [-0.2, 0) is 11.3 Å². The summed E-state index contributed by atoms with van der Waals surface area (Å²) in [6, 6.07) is 0.302. The number of carbonyl (C=O) groups excluding carboxylic acids is 1. The highest BCUT2D eigenvalue weighted by molar-refractivity contribution is 5.76. The fraction of sp³-hybridized carbons (Fsp3) is 0.867. The molecule has 0 unspecified atom stereocenters. The summed E-state index contributed by atoms with van der Waals surface area (Å²) in [6.07, 6.45) is 3.82. The zero-order valence-corrected chi connectivity index (χ0v) is 14.0. The third kappa shape index (κ3) is 4.03. The van der Waals surface area contributed by atoms with Crippen molar-refractivity contribution in [1.29, 1.82) is 0 Å². The van der Waals surface area contributed by atoms with Crippen molar-refractivity contribution in [1.82, 2.24) is 20.2 Å². The van der Waals surface area contributed by atoms with Gasteiger partial charge in [0.25, 0.3) is 0 Å². The number of primary amides is 1. The van der Waals surface area contributed by atoms with E-state index in [0.29, 0.717) is 12.0 Å². The van der Waals surface area contributed by atoms with Gasteiger partial charge in [-0.1, -0.05) is 20.8 Å². The van der Waals surface area contributed by atoms with E-state index in [2.05, 4.69) is 36.3 Å². The molecule has 0 radical (unpaired) electrons. The van der Waals surface area contributed by atoms with Crippen molar-refractivity contribution in [2.24, 2.45) is 17.6 Å². The minimum Gasteiger partial charge on any atom is -0.369 e. The van der Waals surface area contributed by atoms with Gasteiger partial charge in [-0.2, -0.15) is 0 Å². The summed E-state index contributed by atoms with van der Waals surface area (Å²) in [6.45, 7) is 9.39. The van der Waals surface area contributed by atoms with Crippen LogP contribution in [-0.4, -0.2) is 39.2 Å². The second-order valence-electron chi connectivity index (χ2n) is 6.74. The number of aryl methyl sites for hydroxylation is 1. The lowest BCUT2D eigenvalue weighted by Crippen LogP contribution is -3.13. The van der Waals surface area contributed by atoms with Crippen molar-refractivity contribution in [3.8, 4) is 0 Å². The van der Waals surface area contributed by atoms with Crippen molar-refractivity contribution in [3.63, 3.8) is 0 Å². The third-order valence-electron chi connectivity index (χ3n) is 4.72. The summed E-state index contributed by atoms with van der Waals surface area (Å²) in [7, 11) is 0. The highest BCUT2D eigenvalue weighted by Gasteiger charge is 2.33. The van der Waals surface area contributed by atoms with Crippen molar-refractivity contribution < 1.29 is 9.69 Å². The Morgan fingerprint density at radius 1 is 1.41 bits per heavy atom. The molecule has 1 aromatic heterocycles. The molecular weight excluding hydrogens is 280 g/mol. The van der Waals surface area contributed by atoms with E-state index >= 15 is 0 Å². The molecular formula is C15H29N6O+. The van der Waals surface area contributed by atoms with E-state index in [4.69, 9.17) is 5.73 Å². The van der Waals surface area contributed by atoms with Gasteiger partial charge in [-0.25, -0.2) is 4.68 Å². The number of hydrogen-bond donors (Lipinski definition) is 2. The number of tetrazole rings is 1. The Hall–Kier alpha value is -1.50. The molecule has 124 valence electrons. The van der Waals surface area contributed by atoms with Gasteiger partial charge in [0.05, 0.1) is 13.1 Å². The van der Waals surface area contributed by atoms with Crippen LogP contribution in [0.15, 0.2) is 0 Å². The first-order valence-corrected chi connectivity index (χ1v) is 8.42. The number of nitrogens with zero attached hydrogens (tertiary/aromatic N) is 4. The van der Waals surface area contributed by atoms with E-state index in [-0.39, 0.29) is 11.8 Å². The van der Waals surface area contributed by atoms with Gasteiger partial charge in [0.1, 0.15) is 6.04 Å². The van der Waals surface area contributed by atoms with Gasteiger partial charge >= 0.3 is 0 Å². The standard InChI is InChI=1S/C15H28N6O/c1-4-13(20-8-6-12(7-9-20)14(16)22)15-17-18-19-21(15)10-5-11(2)3/h11-13H,4-10H2,1-3H3,(H2,16,22)/p+1/t13-/m0/s1. The maximum Gasteiger partial charge on any atom is 0.220 e. The molecule has 1 aliphatic rings. The number of nitrogens with two attached hydrogens (primary N) is 1. The topological polar surface area (TPSA) is 91.1 Å². The van der Waals surface area contributed by atoms with E-state index in [1.54, 1.807) is 0 Å². The first kappa shape index (κ1) is 16.9. The molecule has 7 heteroatoms. The van der Waals surface area contributed by atoms with Crippen LogP contribution in [0, 0.1) is 11.8 Å². The van der Waals surface area contributed by atoms with Gasteiger partial charge in [-0.15, -0.1) is 5.10 Å². The average molecular weight is 309 g/mol. The smallest absolute Gasteiger partial charge is 0.220 e. The highest BCUT2D eigenvalue weighted by atomic mass is 16.1. The molecule has 1 fully saturated rings. The molecule has 0 aromatic carbocycles. The second-order valence-corrected chi connectivity index (χ2v) is 6.74. The number of hydrogen-bond acceptors (Lipinski definition) is 4. The minimum absolute atomic E-state index is 0.0400. The molecule has 1 aromatic rings. The quantitative estimate of drug-likeness (QED) is 0.739. The molecule has 2 heterocycles. The van der Waals surface area contributed by atoms with Crippen molar-refractivity contribution in [2.75, 3.05) is 13.1 Å². The van der Waals surface area contributed by atoms with Gasteiger partial charge in [-0.3, -0.25) is 4.79 Å². The van der Waals surface area contributed by atoms with E-state index in [0.717, 1.165) is 51.1 Å². The molecule has 1 aliphatic heterocycles. The van der Waals surface area contributed by atoms with Gasteiger partial charge in [0.15, 0.2) is 0 Å². The van der Waals surface area contributed by atoms with E-state index in [9.17, 15) is 4.79 Å². The second kappa shape index (κ2) is 7.67. The molecule has 0 bridgehead atoms.